The highest BCUT2D eigenvalue weighted by molar-refractivity contribution is 6.58. The normalized spacial score (nSPS) is 10.3. The van der Waals surface area contributed by atoms with E-state index in [1.54, 1.807) is 6.20 Å². The van der Waals surface area contributed by atoms with Gasteiger partial charge < -0.3 is 14.8 Å². The van der Waals surface area contributed by atoms with Crippen LogP contribution in [0.5, 0.6) is 5.75 Å². The van der Waals surface area contributed by atoms with Crippen molar-refractivity contribution in [3.05, 3.63) is 53.6 Å². The zero-order chi connectivity index (χ0) is 13.8. The molecule has 0 saturated heterocycles. The van der Waals surface area contributed by atoms with Crippen LogP contribution in [0.3, 0.4) is 0 Å². The largest absolute Gasteiger partial charge is 0.491 e. The summed E-state index contributed by atoms with van der Waals surface area (Å²) < 4.78 is 18.9. The zero-order valence-electron chi connectivity index (χ0n) is 10.4. The van der Waals surface area contributed by atoms with Crippen LogP contribution < -0.4 is 10.2 Å². The van der Waals surface area contributed by atoms with Crippen LogP contribution in [0, 0.1) is 12.7 Å². The number of halogens is 1. The zero-order valence-corrected chi connectivity index (χ0v) is 10.4. The molecule has 6 heteroatoms. The van der Waals surface area contributed by atoms with Crippen LogP contribution in [-0.2, 0) is 6.61 Å². The van der Waals surface area contributed by atoms with Gasteiger partial charge in [-0.05, 0) is 24.6 Å². The molecule has 19 heavy (non-hydrogen) atoms. The third-order valence-corrected chi connectivity index (χ3v) is 2.74. The van der Waals surface area contributed by atoms with E-state index < -0.39 is 12.9 Å². The Labute approximate surface area is 110 Å². The van der Waals surface area contributed by atoms with Gasteiger partial charge in [-0.25, -0.2) is 4.39 Å². The number of hydrogen-bond donors (Lipinski definition) is 2. The Morgan fingerprint density at radius 2 is 2.11 bits per heavy atom. The van der Waals surface area contributed by atoms with Gasteiger partial charge in [0.15, 0.2) is 0 Å². The summed E-state index contributed by atoms with van der Waals surface area (Å²) in [5.41, 5.74) is 1.58. The Morgan fingerprint density at radius 3 is 2.74 bits per heavy atom. The van der Waals surface area contributed by atoms with E-state index in [1.807, 2.05) is 19.1 Å². The lowest BCUT2D eigenvalue weighted by molar-refractivity contribution is 0.299. The minimum absolute atomic E-state index is 0.179. The molecule has 1 heterocycles. The fraction of sp³-hybridized carbons (Fsp3) is 0.154. The van der Waals surface area contributed by atoms with E-state index in [9.17, 15) is 4.39 Å². The van der Waals surface area contributed by atoms with Gasteiger partial charge in [-0.2, -0.15) is 0 Å². The van der Waals surface area contributed by atoms with Crippen molar-refractivity contribution < 1.29 is 19.2 Å². The van der Waals surface area contributed by atoms with Crippen LogP contribution in [0.4, 0.5) is 4.39 Å². The van der Waals surface area contributed by atoms with E-state index in [1.165, 1.54) is 12.1 Å². The fourth-order valence-corrected chi connectivity index (χ4v) is 1.63. The van der Waals surface area contributed by atoms with Crippen LogP contribution in [0.1, 0.15) is 11.3 Å². The Balaban J connectivity index is 2.08. The molecule has 4 nitrogen and oxygen atoms in total. The number of aromatic nitrogens is 1. The number of pyridine rings is 1. The SMILES string of the molecule is Cc1cccnc1COc1ccc(B(O)O)c(F)c1. The first-order chi connectivity index (χ1) is 9.08. The van der Waals surface area contributed by atoms with Crippen LogP contribution in [-0.4, -0.2) is 22.2 Å². The first-order valence-electron chi connectivity index (χ1n) is 5.77. The maximum atomic E-state index is 13.5. The first kappa shape index (κ1) is 13.5. The van der Waals surface area contributed by atoms with Crippen molar-refractivity contribution in [1.29, 1.82) is 0 Å². The first-order valence-corrected chi connectivity index (χ1v) is 5.77. The summed E-state index contributed by atoms with van der Waals surface area (Å²) in [6.07, 6.45) is 1.66. The molecule has 0 unspecified atom stereocenters. The van der Waals surface area contributed by atoms with Gasteiger partial charge in [-0.1, -0.05) is 12.1 Å². The molecule has 0 aliphatic rings. The number of rotatable bonds is 4. The van der Waals surface area contributed by atoms with Crippen molar-refractivity contribution in [3.8, 4) is 5.75 Å². The second-order valence-electron chi connectivity index (χ2n) is 4.11. The molecule has 0 aliphatic heterocycles. The Hall–Kier alpha value is -1.92. The summed E-state index contributed by atoms with van der Waals surface area (Å²) in [6, 6.07) is 7.62. The maximum Gasteiger partial charge on any atom is 0.491 e. The Morgan fingerprint density at radius 1 is 1.32 bits per heavy atom. The number of nitrogens with zero attached hydrogens (tertiary/aromatic N) is 1. The molecule has 0 radical (unpaired) electrons. The smallest absolute Gasteiger partial charge is 0.487 e. The molecule has 2 aromatic rings. The van der Waals surface area contributed by atoms with Crippen molar-refractivity contribution in [2.24, 2.45) is 0 Å². The van der Waals surface area contributed by atoms with Gasteiger partial charge in [0.05, 0.1) is 5.69 Å². The second-order valence-corrected chi connectivity index (χ2v) is 4.11. The molecule has 2 rings (SSSR count). The molecule has 0 spiro atoms. The Kier molecular flexibility index (Phi) is 4.14. The van der Waals surface area contributed by atoms with Crippen molar-refractivity contribution >= 4 is 12.6 Å². The van der Waals surface area contributed by atoms with Gasteiger partial charge in [-0.15, -0.1) is 0 Å². The van der Waals surface area contributed by atoms with Gasteiger partial charge in [0.25, 0.3) is 0 Å². The second kappa shape index (κ2) is 5.82. The number of hydrogen-bond acceptors (Lipinski definition) is 4. The minimum atomic E-state index is -1.83. The number of ether oxygens (including phenoxy) is 1. The number of aryl methyl sites for hydroxylation is 1. The molecule has 1 aromatic carbocycles. The van der Waals surface area contributed by atoms with Crippen molar-refractivity contribution in [2.75, 3.05) is 0 Å². The van der Waals surface area contributed by atoms with E-state index in [2.05, 4.69) is 4.98 Å². The summed E-state index contributed by atoms with van der Waals surface area (Å²) in [5, 5.41) is 17.8. The molecular weight excluding hydrogens is 248 g/mol. The minimum Gasteiger partial charge on any atom is -0.487 e. The van der Waals surface area contributed by atoms with Crippen LogP contribution in [0.15, 0.2) is 36.5 Å². The standard InChI is InChI=1S/C13H13BFNO3/c1-9-3-2-6-16-13(9)8-19-10-4-5-11(14(17)18)12(15)7-10/h2-7,17-18H,8H2,1H3. The summed E-state index contributed by atoms with van der Waals surface area (Å²) in [6.45, 7) is 2.14. The highest BCUT2D eigenvalue weighted by atomic mass is 19.1. The average molecular weight is 261 g/mol. The number of benzene rings is 1. The molecule has 0 amide bonds. The lowest BCUT2D eigenvalue weighted by atomic mass is 9.80. The molecule has 1 aromatic heterocycles. The van der Waals surface area contributed by atoms with Crippen LogP contribution >= 0.6 is 0 Å². The third-order valence-electron chi connectivity index (χ3n) is 2.74. The van der Waals surface area contributed by atoms with E-state index in [4.69, 9.17) is 14.8 Å². The fourth-order valence-electron chi connectivity index (χ4n) is 1.63. The highest BCUT2D eigenvalue weighted by Crippen LogP contribution is 2.14. The van der Waals surface area contributed by atoms with Gasteiger partial charge in [-0.3, -0.25) is 4.98 Å². The van der Waals surface area contributed by atoms with Crippen molar-refractivity contribution in [2.45, 2.75) is 13.5 Å². The van der Waals surface area contributed by atoms with E-state index in [-0.39, 0.29) is 12.1 Å². The van der Waals surface area contributed by atoms with Gasteiger partial charge >= 0.3 is 7.12 Å². The van der Waals surface area contributed by atoms with Gasteiger partial charge in [0.2, 0.25) is 0 Å². The van der Waals surface area contributed by atoms with Crippen molar-refractivity contribution in [3.63, 3.8) is 0 Å². The third kappa shape index (κ3) is 3.30. The lowest BCUT2D eigenvalue weighted by Crippen LogP contribution is -2.32. The molecule has 0 aliphatic carbocycles. The van der Waals surface area contributed by atoms with Crippen LogP contribution in [0.25, 0.3) is 0 Å². The maximum absolute atomic E-state index is 13.5. The molecular formula is C13H13BFNO3. The highest BCUT2D eigenvalue weighted by Gasteiger charge is 2.16. The lowest BCUT2D eigenvalue weighted by Gasteiger charge is -2.09. The Bertz CT molecular complexity index is 578. The molecule has 0 saturated carbocycles. The summed E-state index contributed by atoms with van der Waals surface area (Å²) in [7, 11) is -1.83. The van der Waals surface area contributed by atoms with Crippen molar-refractivity contribution in [1.82, 2.24) is 4.98 Å². The molecule has 98 valence electrons. The monoisotopic (exact) mass is 261 g/mol. The predicted octanol–water partition coefficient (Wildman–Crippen LogP) is 0.788. The summed E-state index contributed by atoms with van der Waals surface area (Å²) >= 11 is 0. The molecule has 0 atom stereocenters. The summed E-state index contributed by atoms with van der Waals surface area (Å²) in [5.74, 6) is -0.405. The predicted molar refractivity (Wildman–Crippen MR) is 69.5 cm³/mol. The topological polar surface area (TPSA) is 62.6 Å². The quantitative estimate of drug-likeness (QED) is 0.798. The summed E-state index contributed by atoms with van der Waals surface area (Å²) in [4.78, 5) is 4.16. The molecule has 2 N–H and O–H groups in total. The van der Waals surface area contributed by atoms with Gasteiger partial charge in [0, 0.05) is 17.7 Å². The average Bonchev–Trinajstić information content (AvgIpc) is 2.37. The van der Waals surface area contributed by atoms with Gasteiger partial charge in [0.1, 0.15) is 18.2 Å². The van der Waals surface area contributed by atoms with E-state index >= 15 is 0 Å². The van der Waals surface area contributed by atoms with E-state index in [0.717, 1.165) is 17.3 Å². The van der Waals surface area contributed by atoms with E-state index in [0.29, 0.717) is 5.75 Å². The molecule has 0 bridgehead atoms. The van der Waals surface area contributed by atoms with Crippen LogP contribution in [0.2, 0.25) is 0 Å². The molecule has 0 fully saturated rings.